The Morgan fingerprint density at radius 3 is 2.65 bits per heavy atom. The summed E-state index contributed by atoms with van der Waals surface area (Å²) in [5.41, 5.74) is 0.642. The highest BCUT2D eigenvalue weighted by atomic mass is 35.5. The van der Waals surface area contributed by atoms with E-state index in [2.05, 4.69) is 0 Å². The van der Waals surface area contributed by atoms with Crippen LogP contribution in [0.15, 0.2) is 24.3 Å². The number of halogens is 1. The van der Waals surface area contributed by atoms with Gasteiger partial charge in [-0.05, 0) is 49.8 Å². The van der Waals surface area contributed by atoms with E-state index < -0.39 is 5.60 Å². The highest BCUT2D eigenvalue weighted by Gasteiger charge is 2.52. The van der Waals surface area contributed by atoms with Crippen molar-refractivity contribution >= 4 is 17.6 Å². The number of hydrogen-bond donors (Lipinski definition) is 0. The maximum absolute atomic E-state index is 11.8. The van der Waals surface area contributed by atoms with Crippen LogP contribution in [0, 0.1) is 0 Å². The minimum absolute atomic E-state index is 0.189. The lowest BCUT2D eigenvalue weighted by atomic mass is 10.0. The van der Waals surface area contributed by atoms with Gasteiger partial charge in [-0.15, -0.1) is 0 Å². The van der Waals surface area contributed by atoms with E-state index in [0.29, 0.717) is 13.2 Å². The monoisotopic (exact) mass is 296 g/mol. The topological polar surface area (TPSA) is 38.8 Å². The fraction of sp³-hybridized carbons (Fsp3) is 0.562. The van der Waals surface area contributed by atoms with Gasteiger partial charge in [-0.2, -0.15) is 0 Å². The second-order valence-corrected chi connectivity index (χ2v) is 5.69. The van der Waals surface area contributed by atoms with Crippen molar-refractivity contribution in [3.05, 3.63) is 34.9 Å². The Morgan fingerprint density at radius 2 is 2.05 bits per heavy atom. The lowest BCUT2D eigenvalue weighted by Gasteiger charge is -2.11. The second kappa shape index (κ2) is 7.09. The summed E-state index contributed by atoms with van der Waals surface area (Å²) in [6, 6.07) is 7.90. The van der Waals surface area contributed by atoms with Gasteiger partial charge in [0.15, 0.2) is 5.60 Å². The molecular formula is C16H21ClO3. The van der Waals surface area contributed by atoms with Gasteiger partial charge in [-0.1, -0.05) is 30.7 Å². The third-order valence-electron chi connectivity index (χ3n) is 3.51. The number of esters is 1. The second-order valence-electron chi connectivity index (χ2n) is 5.25. The van der Waals surface area contributed by atoms with Crippen LogP contribution >= 0.6 is 11.6 Å². The molecule has 0 aromatic heterocycles. The summed E-state index contributed by atoms with van der Waals surface area (Å²) in [6.45, 7) is 2.98. The smallest absolute Gasteiger partial charge is 0.340 e. The predicted octanol–water partition coefficient (Wildman–Crippen LogP) is 3.78. The average Bonchev–Trinajstić information content (AvgIpc) is 3.24. The summed E-state index contributed by atoms with van der Waals surface area (Å²) in [5, 5.41) is 0.762. The Bertz CT molecular complexity index is 438. The zero-order valence-electron chi connectivity index (χ0n) is 11.9. The molecule has 0 spiro atoms. The van der Waals surface area contributed by atoms with Crippen molar-refractivity contribution in [3.8, 4) is 0 Å². The van der Waals surface area contributed by atoms with Crippen molar-refractivity contribution in [2.45, 2.75) is 44.6 Å². The van der Waals surface area contributed by atoms with Crippen LogP contribution in [0.1, 0.15) is 38.2 Å². The third-order valence-corrected chi connectivity index (χ3v) is 3.76. The van der Waals surface area contributed by atoms with Gasteiger partial charge < -0.3 is 9.47 Å². The number of ether oxygens (including phenoxy) is 2. The fourth-order valence-corrected chi connectivity index (χ4v) is 2.29. The SMILES string of the molecule is CCCOC(=O)C1(CCCCc2ccc(Cl)cc2)CO1. The van der Waals surface area contributed by atoms with E-state index in [1.807, 2.05) is 31.2 Å². The number of benzene rings is 1. The van der Waals surface area contributed by atoms with E-state index in [-0.39, 0.29) is 5.97 Å². The molecule has 2 rings (SSSR count). The molecule has 1 saturated heterocycles. The Hall–Kier alpha value is -1.06. The first kappa shape index (κ1) is 15.3. The number of rotatable bonds is 8. The molecule has 1 aromatic carbocycles. The Kier molecular flexibility index (Phi) is 5.44. The molecule has 0 radical (unpaired) electrons. The predicted molar refractivity (Wildman–Crippen MR) is 78.9 cm³/mol. The van der Waals surface area contributed by atoms with E-state index in [0.717, 1.165) is 37.1 Å². The molecule has 3 nitrogen and oxygen atoms in total. The number of aryl methyl sites for hydroxylation is 1. The molecule has 1 aliphatic rings. The molecule has 20 heavy (non-hydrogen) atoms. The lowest BCUT2D eigenvalue weighted by molar-refractivity contribution is -0.150. The molecule has 1 aromatic rings. The summed E-state index contributed by atoms with van der Waals surface area (Å²) in [4.78, 5) is 11.8. The Labute approximate surface area is 125 Å². The van der Waals surface area contributed by atoms with Crippen LogP contribution in [0.4, 0.5) is 0 Å². The highest BCUT2D eigenvalue weighted by Crippen LogP contribution is 2.34. The van der Waals surface area contributed by atoms with Crippen LogP contribution in [-0.4, -0.2) is 24.8 Å². The maximum Gasteiger partial charge on any atom is 0.340 e. The van der Waals surface area contributed by atoms with Crippen LogP contribution in [-0.2, 0) is 20.7 Å². The first-order valence-electron chi connectivity index (χ1n) is 7.22. The minimum atomic E-state index is -0.630. The van der Waals surface area contributed by atoms with Gasteiger partial charge in [-0.25, -0.2) is 4.79 Å². The standard InChI is InChI=1S/C16H21ClO3/c1-2-11-19-15(18)16(12-20-16)10-4-3-5-13-6-8-14(17)9-7-13/h6-9H,2-5,10-12H2,1H3. The van der Waals surface area contributed by atoms with Crippen LogP contribution in [0.3, 0.4) is 0 Å². The van der Waals surface area contributed by atoms with Gasteiger partial charge in [0.05, 0.1) is 13.2 Å². The zero-order chi connectivity index (χ0) is 14.4. The molecule has 0 amide bonds. The molecule has 110 valence electrons. The van der Waals surface area contributed by atoms with Crippen molar-refractivity contribution in [1.29, 1.82) is 0 Å². The normalized spacial score (nSPS) is 20.7. The summed E-state index contributed by atoms with van der Waals surface area (Å²) in [5.74, 6) is -0.189. The molecule has 1 aliphatic heterocycles. The largest absolute Gasteiger partial charge is 0.463 e. The maximum atomic E-state index is 11.8. The average molecular weight is 297 g/mol. The third kappa shape index (κ3) is 4.22. The molecule has 0 saturated carbocycles. The quantitative estimate of drug-likeness (QED) is 0.416. The van der Waals surface area contributed by atoms with Crippen LogP contribution < -0.4 is 0 Å². The van der Waals surface area contributed by atoms with Crippen LogP contribution in [0.5, 0.6) is 0 Å². The molecule has 0 aliphatic carbocycles. The van der Waals surface area contributed by atoms with Gasteiger partial charge in [0.1, 0.15) is 0 Å². The van der Waals surface area contributed by atoms with Crippen LogP contribution in [0.25, 0.3) is 0 Å². The van der Waals surface area contributed by atoms with E-state index in [1.54, 1.807) is 0 Å². The molecule has 4 heteroatoms. The van der Waals surface area contributed by atoms with E-state index >= 15 is 0 Å². The van der Waals surface area contributed by atoms with Crippen LogP contribution in [0.2, 0.25) is 5.02 Å². The van der Waals surface area contributed by atoms with Crippen molar-refractivity contribution in [3.63, 3.8) is 0 Å². The molecular weight excluding hydrogens is 276 g/mol. The summed E-state index contributed by atoms with van der Waals surface area (Å²) >= 11 is 5.85. The summed E-state index contributed by atoms with van der Waals surface area (Å²) in [6.07, 6.45) is 4.59. The number of carbonyl (C=O) groups is 1. The van der Waals surface area contributed by atoms with Gasteiger partial charge in [0.2, 0.25) is 0 Å². The van der Waals surface area contributed by atoms with Crippen molar-refractivity contribution in [2.24, 2.45) is 0 Å². The fourth-order valence-electron chi connectivity index (χ4n) is 2.17. The van der Waals surface area contributed by atoms with E-state index in [4.69, 9.17) is 21.1 Å². The molecule has 1 unspecified atom stereocenters. The van der Waals surface area contributed by atoms with Crippen molar-refractivity contribution in [1.82, 2.24) is 0 Å². The van der Waals surface area contributed by atoms with Gasteiger partial charge in [-0.3, -0.25) is 0 Å². The van der Waals surface area contributed by atoms with Gasteiger partial charge in [0, 0.05) is 5.02 Å². The number of unbranched alkanes of at least 4 members (excludes halogenated alkanes) is 1. The van der Waals surface area contributed by atoms with E-state index in [1.165, 1.54) is 5.56 Å². The zero-order valence-corrected chi connectivity index (χ0v) is 12.6. The van der Waals surface area contributed by atoms with Gasteiger partial charge in [0.25, 0.3) is 0 Å². The van der Waals surface area contributed by atoms with Crippen molar-refractivity contribution < 1.29 is 14.3 Å². The highest BCUT2D eigenvalue weighted by molar-refractivity contribution is 6.30. The summed E-state index contributed by atoms with van der Waals surface area (Å²) < 4.78 is 10.5. The molecule has 0 bridgehead atoms. The number of epoxide rings is 1. The Morgan fingerprint density at radius 1 is 1.35 bits per heavy atom. The minimum Gasteiger partial charge on any atom is -0.463 e. The molecule has 0 N–H and O–H groups in total. The number of carbonyl (C=O) groups excluding carboxylic acids is 1. The molecule has 1 heterocycles. The number of hydrogen-bond acceptors (Lipinski definition) is 3. The van der Waals surface area contributed by atoms with Crippen molar-refractivity contribution in [2.75, 3.05) is 13.2 Å². The molecule has 1 atom stereocenters. The lowest BCUT2D eigenvalue weighted by Crippen LogP contribution is -2.27. The summed E-state index contributed by atoms with van der Waals surface area (Å²) in [7, 11) is 0. The first-order valence-corrected chi connectivity index (χ1v) is 7.60. The Balaban J connectivity index is 1.68. The first-order chi connectivity index (χ1) is 9.66. The van der Waals surface area contributed by atoms with E-state index in [9.17, 15) is 4.79 Å². The van der Waals surface area contributed by atoms with Gasteiger partial charge >= 0.3 is 5.97 Å². The molecule has 1 fully saturated rings.